The lowest BCUT2D eigenvalue weighted by molar-refractivity contribution is 0.0694. The molecular formula is C11H10N2O3S. The van der Waals surface area contributed by atoms with Crippen LogP contribution in [0.3, 0.4) is 0 Å². The second-order valence-corrected chi connectivity index (χ2v) is 4.57. The highest BCUT2D eigenvalue weighted by Gasteiger charge is 2.13. The van der Waals surface area contributed by atoms with E-state index in [2.05, 4.69) is 9.97 Å². The molecule has 0 amide bonds. The van der Waals surface area contributed by atoms with Gasteiger partial charge in [-0.15, -0.1) is 0 Å². The zero-order valence-electron chi connectivity index (χ0n) is 9.30. The van der Waals surface area contributed by atoms with Crippen LogP contribution in [0.15, 0.2) is 18.5 Å². The van der Waals surface area contributed by atoms with Gasteiger partial charge in [0.25, 0.3) is 5.19 Å². The van der Waals surface area contributed by atoms with Crippen LogP contribution in [-0.2, 0) is 0 Å². The Kier molecular flexibility index (Phi) is 3.06. The zero-order valence-corrected chi connectivity index (χ0v) is 10.1. The Balaban J connectivity index is 2.33. The molecule has 2 heterocycles. The third-order valence-electron chi connectivity index (χ3n) is 2.22. The minimum atomic E-state index is -1.05. The predicted molar refractivity (Wildman–Crippen MR) is 62.9 cm³/mol. The molecular weight excluding hydrogens is 240 g/mol. The van der Waals surface area contributed by atoms with Crippen LogP contribution < -0.4 is 4.74 Å². The summed E-state index contributed by atoms with van der Waals surface area (Å²) in [5.74, 6) is -0.846. The fourth-order valence-electron chi connectivity index (χ4n) is 1.22. The summed E-state index contributed by atoms with van der Waals surface area (Å²) in [6.07, 6.45) is 2.78. The number of hydrogen-bond acceptors (Lipinski definition) is 5. The first-order valence-electron chi connectivity index (χ1n) is 4.87. The molecule has 0 aromatic carbocycles. The molecule has 0 aliphatic carbocycles. The van der Waals surface area contributed by atoms with E-state index in [-0.39, 0.29) is 11.3 Å². The van der Waals surface area contributed by atoms with Gasteiger partial charge in [0, 0.05) is 11.1 Å². The molecule has 2 aromatic rings. The monoisotopic (exact) mass is 250 g/mol. The molecule has 0 atom stereocenters. The molecule has 2 rings (SSSR count). The van der Waals surface area contributed by atoms with E-state index in [1.165, 1.54) is 29.8 Å². The zero-order chi connectivity index (χ0) is 12.4. The van der Waals surface area contributed by atoms with E-state index in [4.69, 9.17) is 9.84 Å². The third kappa shape index (κ3) is 2.42. The lowest BCUT2D eigenvalue weighted by Crippen LogP contribution is -2.00. The van der Waals surface area contributed by atoms with Gasteiger partial charge in [-0.05, 0) is 19.9 Å². The topological polar surface area (TPSA) is 72.3 Å². The van der Waals surface area contributed by atoms with Gasteiger partial charge < -0.3 is 9.84 Å². The van der Waals surface area contributed by atoms with Gasteiger partial charge in [-0.2, -0.15) is 0 Å². The Morgan fingerprint density at radius 1 is 1.47 bits per heavy atom. The highest BCUT2D eigenvalue weighted by molar-refractivity contribution is 7.13. The Morgan fingerprint density at radius 3 is 2.82 bits per heavy atom. The number of carbonyl (C=O) groups is 1. The molecule has 5 nitrogen and oxygen atoms in total. The average molecular weight is 250 g/mol. The van der Waals surface area contributed by atoms with Crippen molar-refractivity contribution in [3.63, 3.8) is 0 Å². The van der Waals surface area contributed by atoms with Crippen LogP contribution >= 0.6 is 11.3 Å². The maximum Gasteiger partial charge on any atom is 0.339 e. The van der Waals surface area contributed by atoms with E-state index in [0.717, 1.165) is 10.6 Å². The number of carboxylic acid groups (broad SMARTS) is 1. The van der Waals surface area contributed by atoms with E-state index < -0.39 is 5.97 Å². The number of pyridine rings is 1. The fourth-order valence-corrected chi connectivity index (χ4v) is 1.99. The van der Waals surface area contributed by atoms with Crippen molar-refractivity contribution in [1.29, 1.82) is 0 Å². The fraction of sp³-hybridized carbons (Fsp3) is 0.182. The summed E-state index contributed by atoms with van der Waals surface area (Å²) in [5, 5.41) is 9.41. The smallest absolute Gasteiger partial charge is 0.339 e. The van der Waals surface area contributed by atoms with Gasteiger partial charge in [-0.1, -0.05) is 11.3 Å². The molecule has 0 aliphatic heterocycles. The van der Waals surface area contributed by atoms with Crippen LogP contribution in [0, 0.1) is 13.8 Å². The van der Waals surface area contributed by atoms with Crippen molar-refractivity contribution in [2.45, 2.75) is 13.8 Å². The Bertz CT molecular complexity index is 546. The largest absolute Gasteiger partial charge is 0.478 e. The summed E-state index contributed by atoms with van der Waals surface area (Å²) in [7, 11) is 0. The SMILES string of the molecule is Cc1nc(Oc2cnccc2C(=O)O)sc1C. The average Bonchev–Trinajstić information content (AvgIpc) is 2.58. The van der Waals surface area contributed by atoms with Crippen molar-refractivity contribution in [2.24, 2.45) is 0 Å². The number of aromatic carboxylic acids is 1. The maximum absolute atomic E-state index is 11.0. The van der Waals surface area contributed by atoms with Crippen LogP contribution in [-0.4, -0.2) is 21.0 Å². The predicted octanol–water partition coefficient (Wildman–Crippen LogP) is 2.65. The Labute approximate surface area is 102 Å². The molecule has 0 fully saturated rings. The number of hydrogen-bond donors (Lipinski definition) is 1. The quantitative estimate of drug-likeness (QED) is 0.906. The normalized spacial score (nSPS) is 10.2. The standard InChI is InChI=1S/C11H10N2O3S/c1-6-7(2)17-11(13-6)16-9-5-12-4-3-8(9)10(14)15/h3-5H,1-2H3,(H,14,15). The lowest BCUT2D eigenvalue weighted by atomic mass is 10.2. The summed E-state index contributed by atoms with van der Waals surface area (Å²) in [4.78, 5) is 20.0. The van der Waals surface area contributed by atoms with E-state index in [9.17, 15) is 4.79 Å². The second kappa shape index (κ2) is 4.50. The lowest BCUT2D eigenvalue weighted by Gasteiger charge is -2.03. The summed E-state index contributed by atoms with van der Waals surface area (Å²) < 4.78 is 5.44. The molecule has 0 spiro atoms. The second-order valence-electron chi connectivity index (χ2n) is 3.40. The van der Waals surface area contributed by atoms with Gasteiger partial charge in [-0.3, -0.25) is 4.98 Å². The summed E-state index contributed by atoms with van der Waals surface area (Å²) in [6, 6.07) is 1.39. The molecule has 17 heavy (non-hydrogen) atoms. The van der Waals surface area contributed by atoms with Crippen LogP contribution in [0.5, 0.6) is 10.9 Å². The molecule has 0 radical (unpaired) electrons. The first kappa shape index (κ1) is 11.5. The molecule has 88 valence electrons. The van der Waals surface area contributed by atoms with Crippen LogP contribution in [0.25, 0.3) is 0 Å². The van der Waals surface area contributed by atoms with Crippen molar-refractivity contribution in [2.75, 3.05) is 0 Å². The van der Waals surface area contributed by atoms with Gasteiger partial charge in [0.1, 0.15) is 5.56 Å². The molecule has 6 heteroatoms. The van der Waals surface area contributed by atoms with Crippen LogP contribution in [0.2, 0.25) is 0 Å². The number of aromatic nitrogens is 2. The van der Waals surface area contributed by atoms with Gasteiger partial charge in [0.15, 0.2) is 5.75 Å². The summed E-state index contributed by atoms with van der Waals surface area (Å²) >= 11 is 1.38. The molecule has 0 aliphatic rings. The van der Waals surface area contributed by atoms with Crippen molar-refractivity contribution in [3.05, 3.63) is 34.6 Å². The van der Waals surface area contributed by atoms with Crippen molar-refractivity contribution in [3.8, 4) is 10.9 Å². The number of ether oxygens (including phenoxy) is 1. The summed E-state index contributed by atoms with van der Waals surface area (Å²) in [5.41, 5.74) is 0.955. The minimum Gasteiger partial charge on any atom is -0.478 e. The first-order valence-corrected chi connectivity index (χ1v) is 5.69. The van der Waals surface area contributed by atoms with E-state index in [0.29, 0.717) is 5.19 Å². The van der Waals surface area contributed by atoms with E-state index >= 15 is 0 Å². The number of rotatable bonds is 3. The van der Waals surface area contributed by atoms with Gasteiger partial charge in [0.05, 0.1) is 11.9 Å². The Hall–Kier alpha value is -1.95. The highest BCUT2D eigenvalue weighted by Crippen LogP contribution is 2.29. The number of aryl methyl sites for hydroxylation is 2. The van der Waals surface area contributed by atoms with Gasteiger partial charge in [0.2, 0.25) is 0 Å². The van der Waals surface area contributed by atoms with E-state index in [1.807, 2.05) is 13.8 Å². The van der Waals surface area contributed by atoms with Crippen molar-refractivity contribution < 1.29 is 14.6 Å². The molecule has 0 unspecified atom stereocenters. The minimum absolute atomic E-state index is 0.0745. The van der Waals surface area contributed by atoms with Crippen LogP contribution in [0.1, 0.15) is 20.9 Å². The Morgan fingerprint density at radius 2 is 2.24 bits per heavy atom. The number of thiazole rings is 1. The molecule has 2 aromatic heterocycles. The molecule has 1 N–H and O–H groups in total. The van der Waals surface area contributed by atoms with E-state index in [1.54, 1.807) is 0 Å². The first-order chi connectivity index (χ1) is 8.08. The number of nitrogens with zero attached hydrogens (tertiary/aromatic N) is 2. The summed E-state index contributed by atoms with van der Waals surface area (Å²) in [6.45, 7) is 3.81. The highest BCUT2D eigenvalue weighted by atomic mass is 32.1. The van der Waals surface area contributed by atoms with Gasteiger partial charge >= 0.3 is 5.97 Å². The molecule has 0 saturated heterocycles. The molecule has 0 saturated carbocycles. The maximum atomic E-state index is 11.0. The molecule has 0 bridgehead atoms. The third-order valence-corrected chi connectivity index (χ3v) is 3.17. The van der Waals surface area contributed by atoms with Crippen molar-refractivity contribution in [1.82, 2.24) is 9.97 Å². The van der Waals surface area contributed by atoms with Crippen LogP contribution in [0.4, 0.5) is 0 Å². The van der Waals surface area contributed by atoms with Crippen molar-refractivity contribution >= 4 is 17.3 Å². The number of carboxylic acids is 1. The van der Waals surface area contributed by atoms with Gasteiger partial charge in [-0.25, -0.2) is 9.78 Å².